The van der Waals surface area contributed by atoms with Crippen molar-refractivity contribution in [1.82, 2.24) is 9.55 Å². The lowest BCUT2D eigenvalue weighted by Gasteiger charge is -2.31. The predicted molar refractivity (Wildman–Crippen MR) is 77.2 cm³/mol. The van der Waals surface area contributed by atoms with E-state index in [9.17, 15) is 0 Å². The predicted octanol–water partition coefficient (Wildman–Crippen LogP) is 1.65. The minimum absolute atomic E-state index is 0.0134. The lowest BCUT2D eigenvalue weighted by molar-refractivity contribution is 0.318. The molecule has 7 heteroatoms. The maximum absolute atomic E-state index is 8.93. The third-order valence-corrected chi connectivity index (χ3v) is 3.76. The molecule has 6 nitrogen and oxygen atoms in total. The molecule has 0 fully saturated rings. The number of imidazole rings is 1. The summed E-state index contributed by atoms with van der Waals surface area (Å²) in [6.45, 7) is 2.33. The lowest BCUT2D eigenvalue weighted by Crippen LogP contribution is -2.35. The third kappa shape index (κ3) is 2.08. The molecule has 1 aromatic heterocycles. The minimum atomic E-state index is 0.0134. The van der Waals surface area contributed by atoms with Gasteiger partial charge in [-0.25, -0.2) is 4.98 Å². The molecule has 0 amide bonds. The smallest absolute Gasteiger partial charge is 0.173 e. The first-order valence-electron chi connectivity index (χ1n) is 6.22. The van der Waals surface area contributed by atoms with Gasteiger partial charge in [0.25, 0.3) is 0 Å². The van der Waals surface area contributed by atoms with Gasteiger partial charge in [0.05, 0.1) is 17.1 Å². The molecule has 0 saturated carbocycles. The Morgan fingerprint density at radius 2 is 2.25 bits per heavy atom. The molecule has 20 heavy (non-hydrogen) atoms. The molecular formula is C13H14ClN5O. The highest BCUT2D eigenvalue weighted by Crippen LogP contribution is 2.29. The number of hydrogen-bond donors (Lipinski definition) is 2. The summed E-state index contributed by atoms with van der Waals surface area (Å²) in [5, 5.41) is 12.5. The molecule has 2 aromatic rings. The SMILES string of the molecule is NC(=NO)c1c(Cl)cccc1N1CCn2ccnc2C1. The Morgan fingerprint density at radius 1 is 1.40 bits per heavy atom. The minimum Gasteiger partial charge on any atom is -0.409 e. The van der Waals surface area contributed by atoms with E-state index in [0.717, 1.165) is 24.6 Å². The molecule has 0 aliphatic carbocycles. The number of oxime groups is 1. The number of anilines is 1. The second kappa shape index (κ2) is 5.05. The molecule has 0 unspecified atom stereocenters. The normalized spacial score (nSPS) is 15.2. The molecule has 104 valence electrons. The Morgan fingerprint density at radius 3 is 3.05 bits per heavy atom. The lowest BCUT2D eigenvalue weighted by atomic mass is 10.1. The zero-order valence-corrected chi connectivity index (χ0v) is 11.5. The molecule has 1 aromatic carbocycles. The number of aromatic nitrogens is 2. The second-order valence-electron chi connectivity index (χ2n) is 4.58. The Balaban J connectivity index is 2.02. The molecule has 2 heterocycles. The van der Waals surface area contributed by atoms with E-state index in [0.29, 0.717) is 17.1 Å². The van der Waals surface area contributed by atoms with Crippen LogP contribution in [0.5, 0.6) is 0 Å². The van der Waals surface area contributed by atoms with Gasteiger partial charge in [0.1, 0.15) is 5.82 Å². The van der Waals surface area contributed by atoms with E-state index in [2.05, 4.69) is 19.6 Å². The highest BCUT2D eigenvalue weighted by molar-refractivity contribution is 6.34. The van der Waals surface area contributed by atoms with Gasteiger partial charge in [0.15, 0.2) is 5.84 Å². The van der Waals surface area contributed by atoms with Crippen LogP contribution in [0, 0.1) is 0 Å². The van der Waals surface area contributed by atoms with Crippen LogP contribution in [0.15, 0.2) is 35.7 Å². The van der Waals surface area contributed by atoms with Crippen LogP contribution in [0.3, 0.4) is 0 Å². The third-order valence-electron chi connectivity index (χ3n) is 3.44. The van der Waals surface area contributed by atoms with Crippen molar-refractivity contribution in [3.8, 4) is 0 Å². The van der Waals surface area contributed by atoms with Gasteiger partial charge in [-0.1, -0.05) is 22.8 Å². The fourth-order valence-corrected chi connectivity index (χ4v) is 2.73. The van der Waals surface area contributed by atoms with Gasteiger partial charge in [-0.3, -0.25) is 0 Å². The summed E-state index contributed by atoms with van der Waals surface area (Å²) >= 11 is 6.18. The van der Waals surface area contributed by atoms with E-state index in [1.165, 1.54) is 0 Å². The van der Waals surface area contributed by atoms with Crippen LogP contribution in [-0.4, -0.2) is 27.1 Å². The van der Waals surface area contributed by atoms with E-state index in [4.69, 9.17) is 22.5 Å². The van der Waals surface area contributed by atoms with Crippen molar-refractivity contribution in [2.45, 2.75) is 13.1 Å². The highest BCUT2D eigenvalue weighted by atomic mass is 35.5. The Bertz CT molecular complexity index is 667. The molecule has 0 radical (unpaired) electrons. The van der Waals surface area contributed by atoms with Crippen LogP contribution in [0.25, 0.3) is 0 Å². The van der Waals surface area contributed by atoms with Crippen LogP contribution in [0.1, 0.15) is 11.4 Å². The fourth-order valence-electron chi connectivity index (χ4n) is 2.46. The molecule has 0 atom stereocenters. The maximum atomic E-state index is 8.93. The van der Waals surface area contributed by atoms with E-state index in [-0.39, 0.29) is 5.84 Å². The van der Waals surface area contributed by atoms with Gasteiger partial charge in [-0.15, -0.1) is 0 Å². The Hall–Kier alpha value is -2.21. The molecule has 1 aliphatic heterocycles. The fraction of sp³-hybridized carbons (Fsp3) is 0.231. The van der Waals surface area contributed by atoms with E-state index in [1.54, 1.807) is 12.3 Å². The standard InChI is InChI=1S/C13H14ClN5O/c14-9-2-1-3-10(12(9)13(15)17-20)19-7-6-18-5-4-16-11(18)8-19/h1-5,20H,6-8H2,(H2,15,17). The molecular weight excluding hydrogens is 278 g/mol. The first-order chi connectivity index (χ1) is 9.70. The summed E-state index contributed by atoms with van der Waals surface area (Å²) in [6.07, 6.45) is 3.76. The molecule has 1 aliphatic rings. The molecule has 3 N–H and O–H groups in total. The van der Waals surface area contributed by atoms with Crippen LogP contribution < -0.4 is 10.6 Å². The summed E-state index contributed by atoms with van der Waals surface area (Å²) in [5.74, 6) is 1.00. The van der Waals surface area contributed by atoms with Crippen LogP contribution in [0.4, 0.5) is 5.69 Å². The summed E-state index contributed by atoms with van der Waals surface area (Å²) in [5.41, 5.74) is 7.15. The van der Waals surface area contributed by atoms with Gasteiger partial charge in [-0.2, -0.15) is 0 Å². The first-order valence-corrected chi connectivity index (χ1v) is 6.60. The summed E-state index contributed by atoms with van der Waals surface area (Å²) < 4.78 is 2.12. The number of nitrogens with two attached hydrogens (primary N) is 1. The quantitative estimate of drug-likeness (QED) is 0.382. The number of fused-ring (bicyclic) bond motifs is 1. The molecule has 0 spiro atoms. The van der Waals surface area contributed by atoms with Gasteiger partial charge < -0.3 is 20.4 Å². The van der Waals surface area contributed by atoms with Gasteiger partial charge >= 0.3 is 0 Å². The van der Waals surface area contributed by atoms with E-state index in [1.807, 2.05) is 18.3 Å². The average Bonchev–Trinajstić information content (AvgIpc) is 2.93. The van der Waals surface area contributed by atoms with Crippen LogP contribution >= 0.6 is 11.6 Å². The van der Waals surface area contributed by atoms with Crippen molar-refractivity contribution in [3.63, 3.8) is 0 Å². The topological polar surface area (TPSA) is 79.7 Å². The van der Waals surface area contributed by atoms with E-state index < -0.39 is 0 Å². The van der Waals surface area contributed by atoms with Gasteiger partial charge in [0.2, 0.25) is 0 Å². The number of benzene rings is 1. The van der Waals surface area contributed by atoms with Crippen molar-refractivity contribution in [2.24, 2.45) is 10.9 Å². The summed E-state index contributed by atoms with van der Waals surface area (Å²) in [7, 11) is 0. The largest absolute Gasteiger partial charge is 0.409 e. The van der Waals surface area contributed by atoms with Gasteiger partial charge in [-0.05, 0) is 12.1 Å². The summed E-state index contributed by atoms with van der Waals surface area (Å²) in [4.78, 5) is 6.45. The van der Waals surface area contributed by atoms with Crippen molar-refractivity contribution in [3.05, 3.63) is 47.0 Å². The van der Waals surface area contributed by atoms with Gasteiger partial charge in [0, 0.05) is 31.2 Å². The first kappa shape index (κ1) is 12.8. The van der Waals surface area contributed by atoms with Crippen molar-refractivity contribution >= 4 is 23.1 Å². The average molecular weight is 292 g/mol. The number of rotatable bonds is 2. The number of amidine groups is 1. The number of hydrogen-bond acceptors (Lipinski definition) is 4. The van der Waals surface area contributed by atoms with Crippen molar-refractivity contribution < 1.29 is 5.21 Å². The number of nitrogens with zero attached hydrogens (tertiary/aromatic N) is 4. The van der Waals surface area contributed by atoms with E-state index >= 15 is 0 Å². The summed E-state index contributed by atoms with van der Waals surface area (Å²) in [6, 6.07) is 5.49. The molecule has 3 rings (SSSR count). The molecule has 0 saturated heterocycles. The van der Waals surface area contributed by atoms with Crippen molar-refractivity contribution in [2.75, 3.05) is 11.4 Å². The zero-order valence-electron chi connectivity index (χ0n) is 10.7. The Kier molecular flexibility index (Phi) is 3.23. The maximum Gasteiger partial charge on any atom is 0.173 e. The second-order valence-corrected chi connectivity index (χ2v) is 4.98. The Labute approximate surface area is 121 Å². The zero-order chi connectivity index (χ0) is 14.1. The van der Waals surface area contributed by atoms with Crippen molar-refractivity contribution in [1.29, 1.82) is 0 Å². The number of halogens is 1. The van der Waals surface area contributed by atoms with Crippen LogP contribution in [-0.2, 0) is 13.1 Å². The molecule has 0 bridgehead atoms. The highest BCUT2D eigenvalue weighted by Gasteiger charge is 2.21. The van der Waals surface area contributed by atoms with Crippen LogP contribution in [0.2, 0.25) is 5.02 Å². The monoisotopic (exact) mass is 291 g/mol.